The second-order valence-electron chi connectivity index (χ2n) is 5.12. The van der Waals surface area contributed by atoms with E-state index in [1.807, 2.05) is 24.3 Å². The molecule has 0 atom stereocenters. The standard InChI is InChI=1S/C15H22ClN3.HI/c16-13-8-6-12(7-9-13)10-11-18-15(17)19-14-4-2-1-3-5-14;/h6-9,14H,1-5,10-11H2,(H3,17,18,19);1H. The molecule has 1 aliphatic carbocycles. The maximum Gasteiger partial charge on any atom is 0.188 e. The van der Waals surface area contributed by atoms with E-state index in [-0.39, 0.29) is 24.0 Å². The van der Waals surface area contributed by atoms with Crippen LogP contribution in [0, 0.1) is 0 Å². The highest BCUT2D eigenvalue weighted by Gasteiger charge is 2.12. The third-order valence-electron chi connectivity index (χ3n) is 3.55. The number of hydrogen-bond acceptors (Lipinski definition) is 1. The Labute approximate surface area is 143 Å². The number of nitrogens with two attached hydrogens (primary N) is 1. The Kier molecular flexibility index (Phi) is 8.30. The highest BCUT2D eigenvalue weighted by molar-refractivity contribution is 14.0. The first kappa shape index (κ1) is 17.6. The molecule has 1 saturated carbocycles. The van der Waals surface area contributed by atoms with Gasteiger partial charge in [0.1, 0.15) is 0 Å². The molecule has 1 aliphatic rings. The minimum absolute atomic E-state index is 0. The minimum atomic E-state index is 0. The van der Waals surface area contributed by atoms with E-state index in [2.05, 4.69) is 10.3 Å². The van der Waals surface area contributed by atoms with Crippen LogP contribution in [0.4, 0.5) is 0 Å². The second kappa shape index (κ2) is 9.45. The first-order chi connectivity index (χ1) is 9.24. The molecular weight excluding hydrogens is 385 g/mol. The number of benzene rings is 1. The molecule has 0 unspecified atom stereocenters. The molecule has 0 spiro atoms. The summed E-state index contributed by atoms with van der Waals surface area (Å²) in [6.45, 7) is 0.715. The van der Waals surface area contributed by atoms with E-state index in [1.165, 1.54) is 37.7 Å². The zero-order valence-electron chi connectivity index (χ0n) is 11.6. The third-order valence-corrected chi connectivity index (χ3v) is 3.81. The minimum Gasteiger partial charge on any atom is -0.370 e. The lowest BCUT2D eigenvalue weighted by molar-refractivity contribution is 0.412. The first-order valence-corrected chi connectivity index (χ1v) is 7.43. The lowest BCUT2D eigenvalue weighted by Crippen LogP contribution is -2.41. The largest absolute Gasteiger partial charge is 0.370 e. The van der Waals surface area contributed by atoms with E-state index in [9.17, 15) is 0 Å². The summed E-state index contributed by atoms with van der Waals surface area (Å²) in [6, 6.07) is 8.40. The van der Waals surface area contributed by atoms with Crippen LogP contribution in [0.3, 0.4) is 0 Å². The maximum absolute atomic E-state index is 5.91. The molecule has 0 saturated heterocycles. The zero-order valence-corrected chi connectivity index (χ0v) is 14.7. The van der Waals surface area contributed by atoms with Gasteiger partial charge in [0.15, 0.2) is 5.96 Å². The molecule has 20 heavy (non-hydrogen) atoms. The molecule has 0 aromatic heterocycles. The van der Waals surface area contributed by atoms with Gasteiger partial charge in [0.25, 0.3) is 0 Å². The van der Waals surface area contributed by atoms with Gasteiger partial charge in [-0.05, 0) is 37.0 Å². The molecule has 0 aliphatic heterocycles. The van der Waals surface area contributed by atoms with E-state index < -0.39 is 0 Å². The summed E-state index contributed by atoms with van der Waals surface area (Å²) < 4.78 is 0. The van der Waals surface area contributed by atoms with Gasteiger partial charge in [0.05, 0.1) is 0 Å². The Balaban J connectivity index is 0.00000200. The zero-order chi connectivity index (χ0) is 13.5. The number of nitrogens with zero attached hydrogens (tertiary/aromatic N) is 1. The van der Waals surface area contributed by atoms with Crippen molar-refractivity contribution in [1.29, 1.82) is 0 Å². The van der Waals surface area contributed by atoms with Crippen molar-refractivity contribution >= 4 is 41.5 Å². The highest BCUT2D eigenvalue weighted by atomic mass is 127. The van der Waals surface area contributed by atoms with Crippen molar-refractivity contribution in [3.05, 3.63) is 34.9 Å². The van der Waals surface area contributed by atoms with Gasteiger partial charge >= 0.3 is 0 Å². The molecule has 0 amide bonds. The van der Waals surface area contributed by atoms with Gasteiger partial charge in [0, 0.05) is 17.6 Å². The van der Waals surface area contributed by atoms with E-state index in [4.69, 9.17) is 17.3 Å². The van der Waals surface area contributed by atoms with Gasteiger partial charge < -0.3 is 11.1 Å². The second-order valence-corrected chi connectivity index (χ2v) is 5.56. The SMILES string of the molecule is I.NC(=NCCc1ccc(Cl)cc1)NC1CCCCC1. The van der Waals surface area contributed by atoms with Crippen molar-refractivity contribution < 1.29 is 0 Å². The normalized spacial score (nSPS) is 16.6. The molecule has 1 aromatic rings. The van der Waals surface area contributed by atoms with E-state index in [1.54, 1.807) is 0 Å². The Bertz CT molecular complexity index is 414. The fourth-order valence-electron chi connectivity index (χ4n) is 2.46. The average Bonchev–Trinajstić information content (AvgIpc) is 2.42. The highest BCUT2D eigenvalue weighted by Crippen LogP contribution is 2.17. The van der Waals surface area contributed by atoms with Crippen LogP contribution in [0.25, 0.3) is 0 Å². The molecule has 1 fully saturated rings. The molecule has 3 nitrogen and oxygen atoms in total. The Morgan fingerprint density at radius 1 is 1.20 bits per heavy atom. The molecular formula is C15H23ClIN3. The summed E-state index contributed by atoms with van der Waals surface area (Å²) in [5.74, 6) is 0.584. The van der Waals surface area contributed by atoms with Gasteiger partial charge in [-0.25, -0.2) is 0 Å². The van der Waals surface area contributed by atoms with Crippen molar-refractivity contribution in [3.63, 3.8) is 0 Å². The average molecular weight is 408 g/mol. The summed E-state index contributed by atoms with van der Waals surface area (Å²) >= 11 is 5.85. The topological polar surface area (TPSA) is 50.4 Å². The smallest absolute Gasteiger partial charge is 0.188 e. The van der Waals surface area contributed by atoms with Crippen molar-refractivity contribution in [1.82, 2.24) is 5.32 Å². The van der Waals surface area contributed by atoms with Crippen molar-refractivity contribution in [3.8, 4) is 0 Å². The Hall–Kier alpha value is -0.490. The van der Waals surface area contributed by atoms with Crippen LogP contribution in [0.1, 0.15) is 37.7 Å². The van der Waals surface area contributed by atoms with Crippen LogP contribution < -0.4 is 11.1 Å². The van der Waals surface area contributed by atoms with Crippen LogP contribution >= 0.6 is 35.6 Å². The summed E-state index contributed by atoms with van der Waals surface area (Å²) in [6.07, 6.45) is 7.28. The van der Waals surface area contributed by atoms with Gasteiger partial charge in [-0.3, -0.25) is 4.99 Å². The summed E-state index contributed by atoms with van der Waals surface area (Å²) in [5, 5.41) is 4.09. The first-order valence-electron chi connectivity index (χ1n) is 7.05. The van der Waals surface area contributed by atoms with E-state index >= 15 is 0 Å². The third kappa shape index (κ3) is 6.31. The fraction of sp³-hybridized carbons (Fsp3) is 0.533. The van der Waals surface area contributed by atoms with Gasteiger partial charge in [0.2, 0.25) is 0 Å². The molecule has 112 valence electrons. The predicted octanol–water partition coefficient (Wildman–Crippen LogP) is 3.74. The van der Waals surface area contributed by atoms with Crippen LogP contribution in [-0.4, -0.2) is 18.5 Å². The van der Waals surface area contributed by atoms with E-state index in [0.29, 0.717) is 18.5 Å². The summed E-state index contributed by atoms with van der Waals surface area (Å²) in [7, 11) is 0. The number of hydrogen-bond donors (Lipinski definition) is 2. The van der Waals surface area contributed by atoms with Crippen molar-refractivity contribution in [2.45, 2.75) is 44.6 Å². The molecule has 2 rings (SSSR count). The molecule has 0 heterocycles. The van der Waals surface area contributed by atoms with Gasteiger partial charge in [-0.15, -0.1) is 24.0 Å². The molecule has 0 radical (unpaired) electrons. The maximum atomic E-state index is 5.91. The number of guanidine groups is 1. The molecule has 5 heteroatoms. The van der Waals surface area contributed by atoms with Crippen LogP contribution in [0.5, 0.6) is 0 Å². The van der Waals surface area contributed by atoms with Crippen molar-refractivity contribution in [2.24, 2.45) is 10.7 Å². The lowest BCUT2D eigenvalue weighted by Gasteiger charge is -2.23. The molecule has 3 N–H and O–H groups in total. The number of halogens is 2. The summed E-state index contributed by atoms with van der Waals surface area (Å²) in [5.41, 5.74) is 7.15. The van der Waals surface area contributed by atoms with Gasteiger partial charge in [-0.2, -0.15) is 0 Å². The van der Waals surface area contributed by atoms with Crippen molar-refractivity contribution in [2.75, 3.05) is 6.54 Å². The fourth-order valence-corrected chi connectivity index (χ4v) is 2.58. The molecule has 0 bridgehead atoms. The predicted molar refractivity (Wildman–Crippen MR) is 97.1 cm³/mol. The lowest BCUT2D eigenvalue weighted by atomic mass is 9.96. The monoisotopic (exact) mass is 407 g/mol. The summed E-state index contributed by atoms with van der Waals surface area (Å²) in [4.78, 5) is 4.39. The Morgan fingerprint density at radius 3 is 2.50 bits per heavy atom. The number of aliphatic imine (C=N–C) groups is 1. The number of rotatable bonds is 4. The van der Waals surface area contributed by atoms with Crippen LogP contribution in [-0.2, 0) is 6.42 Å². The van der Waals surface area contributed by atoms with Crippen LogP contribution in [0.2, 0.25) is 5.02 Å². The Morgan fingerprint density at radius 2 is 1.85 bits per heavy atom. The van der Waals surface area contributed by atoms with Crippen LogP contribution in [0.15, 0.2) is 29.3 Å². The van der Waals surface area contributed by atoms with E-state index in [0.717, 1.165) is 11.4 Å². The quantitative estimate of drug-likeness (QED) is 0.454. The van der Waals surface area contributed by atoms with Gasteiger partial charge in [-0.1, -0.05) is 43.0 Å². The number of nitrogens with one attached hydrogen (secondary N) is 1. The molecule has 1 aromatic carbocycles.